The van der Waals surface area contributed by atoms with Gasteiger partial charge in [0, 0.05) is 32.5 Å². The fourth-order valence-corrected chi connectivity index (χ4v) is 1.87. The Kier molecular flexibility index (Phi) is 9.51. The average Bonchev–Trinajstić information content (AvgIpc) is 2.59. The van der Waals surface area contributed by atoms with E-state index in [4.69, 9.17) is 9.47 Å². The largest absolute Gasteiger partial charge is 0.380 e. The van der Waals surface area contributed by atoms with Crippen molar-refractivity contribution in [2.24, 2.45) is 0 Å². The van der Waals surface area contributed by atoms with E-state index in [1.165, 1.54) is 11.0 Å². The molecule has 0 atom stereocenters. The number of carbonyl (C=O) groups is 1. The Morgan fingerprint density at radius 1 is 1.22 bits per heavy atom. The normalized spacial score (nSPS) is 11.3. The lowest BCUT2D eigenvalue weighted by Crippen LogP contribution is -2.38. The predicted octanol–water partition coefficient (Wildman–Crippen LogP) is 1.48. The lowest BCUT2D eigenvalue weighted by Gasteiger charge is -2.22. The number of amides is 1. The lowest BCUT2D eigenvalue weighted by atomic mass is 10.2. The van der Waals surface area contributed by atoms with Crippen molar-refractivity contribution in [3.8, 4) is 0 Å². The highest BCUT2D eigenvalue weighted by atomic mass is 16.5. The van der Waals surface area contributed by atoms with Gasteiger partial charge in [0.1, 0.15) is 0 Å². The summed E-state index contributed by atoms with van der Waals surface area (Å²) >= 11 is 0. The van der Waals surface area contributed by atoms with E-state index in [1.807, 2.05) is 13.8 Å². The number of ether oxygens (including phenoxy) is 2. The van der Waals surface area contributed by atoms with Crippen LogP contribution in [-0.4, -0.2) is 61.6 Å². The van der Waals surface area contributed by atoms with E-state index in [2.05, 4.69) is 4.98 Å². The van der Waals surface area contributed by atoms with Crippen LogP contribution >= 0.6 is 0 Å². The summed E-state index contributed by atoms with van der Waals surface area (Å²) in [6, 6.07) is 5.27. The van der Waals surface area contributed by atoms with Crippen LogP contribution in [-0.2, 0) is 19.1 Å². The Balaban J connectivity index is 2.81. The minimum atomic E-state index is -0.398. The Bertz CT molecular complexity index is 493. The molecule has 0 aliphatic rings. The van der Waals surface area contributed by atoms with Crippen LogP contribution in [0.5, 0.6) is 0 Å². The molecule has 0 unspecified atom stereocenters. The molecule has 0 bridgehead atoms. The van der Waals surface area contributed by atoms with Crippen molar-refractivity contribution < 1.29 is 19.1 Å². The van der Waals surface area contributed by atoms with Gasteiger partial charge in [-0.3, -0.25) is 14.6 Å². The van der Waals surface area contributed by atoms with Crippen molar-refractivity contribution >= 4 is 18.3 Å². The van der Waals surface area contributed by atoms with Crippen molar-refractivity contribution in [1.29, 1.82) is 0 Å². The zero-order valence-electron chi connectivity index (χ0n) is 13.7. The molecule has 1 heterocycles. The summed E-state index contributed by atoms with van der Waals surface area (Å²) in [4.78, 5) is 29.3. The zero-order chi connectivity index (χ0) is 16.9. The molecule has 1 aromatic heterocycles. The standard InChI is InChI=1S/C17H23N2O4/c1-3-22-11-9-19(10-12-23-4-2)17(21)15(14-20)13-16-7-5-6-8-18-16/h5-8,13H,3-4,9-12H2,1-2H3. The zero-order valence-corrected chi connectivity index (χ0v) is 13.7. The quantitative estimate of drug-likeness (QED) is 0.267. The van der Waals surface area contributed by atoms with E-state index >= 15 is 0 Å². The second kappa shape index (κ2) is 11.5. The van der Waals surface area contributed by atoms with Gasteiger partial charge in [0.2, 0.25) is 6.29 Å². The lowest BCUT2D eigenvalue weighted by molar-refractivity contribution is -0.128. The van der Waals surface area contributed by atoms with Gasteiger partial charge in [-0.25, -0.2) is 0 Å². The fourth-order valence-electron chi connectivity index (χ4n) is 1.87. The third kappa shape index (κ3) is 7.17. The van der Waals surface area contributed by atoms with Gasteiger partial charge in [-0.15, -0.1) is 0 Å². The number of pyridine rings is 1. The summed E-state index contributed by atoms with van der Waals surface area (Å²) in [6.07, 6.45) is 4.74. The average molecular weight is 319 g/mol. The highest BCUT2D eigenvalue weighted by molar-refractivity contribution is 6.14. The van der Waals surface area contributed by atoms with Gasteiger partial charge in [-0.05, 0) is 32.1 Å². The minimum absolute atomic E-state index is 0.0586. The van der Waals surface area contributed by atoms with E-state index in [1.54, 1.807) is 30.7 Å². The number of rotatable bonds is 11. The minimum Gasteiger partial charge on any atom is -0.380 e. The second-order valence-corrected chi connectivity index (χ2v) is 4.60. The molecule has 0 aliphatic carbocycles. The van der Waals surface area contributed by atoms with Crippen LogP contribution in [0.4, 0.5) is 0 Å². The summed E-state index contributed by atoms with van der Waals surface area (Å²) < 4.78 is 10.6. The molecule has 0 aromatic carbocycles. The molecular formula is C17H23N2O4. The summed E-state index contributed by atoms with van der Waals surface area (Å²) in [5.74, 6) is -0.398. The smallest absolute Gasteiger partial charge is 0.258 e. The molecule has 1 aromatic rings. The molecule has 23 heavy (non-hydrogen) atoms. The van der Waals surface area contributed by atoms with E-state index in [-0.39, 0.29) is 5.57 Å². The van der Waals surface area contributed by atoms with Gasteiger partial charge in [-0.2, -0.15) is 0 Å². The highest BCUT2D eigenvalue weighted by Crippen LogP contribution is 2.06. The summed E-state index contributed by atoms with van der Waals surface area (Å²) in [5.41, 5.74) is 0.477. The number of carbonyl (C=O) groups excluding carboxylic acids is 2. The molecule has 1 rings (SSSR count). The molecular weight excluding hydrogens is 296 g/mol. The Labute approximate surface area is 137 Å². The van der Waals surface area contributed by atoms with Crippen LogP contribution in [0, 0.1) is 0 Å². The van der Waals surface area contributed by atoms with Crippen LogP contribution in [0.3, 0.4) is 0 Å². The highest BCUT2D eigenvalue weighted by Gasteiger charge is 2.18. The van der Waals surface area contributed by atoms with Gasteiger partial charge in [0.15, 0.2) is 0 Å². The first kappa shape index (κ1) is 19.0. The van der Waals surface area contributed by atoms with Gasteiger partial charge >= 0.3 is 0 Å². The molecule has 0 fully saturated rings. The third-order valence-electron chi connectivity index (χ3n) is 3.03. The monoisotopic (exact) mass is 319 g/mol. The number of hydrogen-bond donors (Lipinski definition) is 0. The first-order valence-corrected chi connectivity index (χ1v) is 7.68. The maximum Gasteiger partial charge on any atom is 0.258 e. The number of nitrogens with zero attached hydrogens (tertiary/aromatic N) is 2. The molecule has 0 spiro atoms. The summed E-state index contributed by atoms with van der Waals surface area (Å²) in [7, 11) is 0. The van der Waals surface area contributed by atoms with Crippen molar-refractivity contribution in [1.82, 2.24) is 9.88 Å². The molecule has 6 heteroatoms. The van der Waals surface area contributed by atoms with Gasteiger partial charge in [0.25, 0.3) is 5.91 Å². The van der Waals surface area contributed by atoms with E-state index in [9.17, 15) is 9.59 Å². The predicted molar refractivity (Wildman–Crippen MR) is 87.5 cm³/mol. The first-order chi connectivity index (χ1) is 11.2. The Morgan fingerprint density at radius 2 is 1.87 bits per heavy atom. The van der Waals surface area contributed by atoms with Crippen LogP contribution in [0.2, 0.25) is 0 Å². The fraction of sp³-hybridized carbons (Fsp3) is 0.471. The molecule has 1 radical (unpaired) electrons. The van der Waals surface area contributed by atoms with Crippen molar-refractivity contribution in [2.45, 2.75) is 13.8 Å². The summed E-state index contributed by atoms with van der Waals surface area (Å²) in [5, 5.41) is 0. The molecule has 125 valence electrons. The summed E-state index contributed by atoms with van der Waals surface area (Å²) in [6.45, 7) is 6.51. The Hall–Kier alpha value is -2.05. The molecule has 1 amide bonds. The molecule has 0 aliphatic heterocycles. The first-order valence-electron chi connectivity index (χ1n) is 7.68. The third-order valence-corrected chi connectivity index (χ3v) is 3.03. The second-order valence-electron chi connectivity index (χ2n) is 4.60. The van der Waals surface area contributed by atoms with Crippen molar-refractivity contribution in [3.05, 3.63) is 35.7 Å². The molecule has 0 N–H and O–H groups in total. The van der Waals surface area contributed by atoms with E-state index in [0.717, 1.165) is 0 Å². The van der Waals surface area contributed by atoms with E-state index in [0.29, 0.717) is 45.2 Å². The van der Waals surface area contributed by atoms with Crippen molar-refractivity contribution in [2.75, 3.05) is 39.5 Å². The number of hydrogen-bond acceptors (Lipinski definition) is 5. The van der Waals surface area contributed by atoms with Gasteiger partial charge in [0.05, 0.1) is 24.5 Å². The van der Waals surface area contributed by atoms with Crippen LogP contribution < -0.4 is 0 Å². The Morgan fingerprint density at radius 3 is 2.35 bits per heavy atom. The maximum atomic E-state index is 12.5. The molecule has 0 saturated heterocycles. The molecule has 0 saturated carbocycles. The maximum absolute atomic E-state index is 12.5. The van der Waals surface area contributed by atoms with Crippen LogP contribution in [0.15, 0.2) is 30.0 Å². The number of aromatic nitrogens is 1. The SMILES string of the molecule is CCOCCN(CCOCC)C(=O)C([C]=O)=Cc1ccccn1. The van der Waals surface area contributed by atoms with Crippen molar-refractivity contribution in [3.63, 3.8) is 0 Å². The van der Waals surface area contributed by atoms with Crippen LogP contribution in [0.25, 0.3) is 6.08 Å². The van der Waals surface area contributed by atoms with E-state index < -0.39 is 5.91 Å². The topological polar surface area (TPSA) is 68.7 Å². The molecule has 6 nitrogen and oxygen atoms in total. The van der Waals surface area contributed by atoms with Crippen LogP contribution in [0.1, 0.15) is 19.5 Å². The van der Waals surface area contributed by atoms with Gasteiger partial charge in [-0.1, -0.05) is 6.07 Å². The van der Waals surface area contributed by atoms with Gasteiger partial charge < -0.3 is 14.4 Å².